The molecule has 26 heavy (non-hydrogen) atoms. The number of piperidine rings is 1. The molecule has 2 unspecified atom stereocenters. The van der Waals surface area contributed by atoms with Crippen molar-refractivity contribution in [2.75, 3.05) is 6.54 Å². The number of benzene rings is 2. The molecule has 0 spiro atoms. The van der Waals surface area contributed by atoms with Crippen LogP contribution < -0.4 is 0 Å². The van der Waals surface area contributed by atoms with Gasteiger partial charge in [-0.1, -0.05) is 48.9 Å². The molecule has 4 heteroatoms. The summed E-state index contributed by atoms with van der Waals surface area (Å²) in [4.78, 5) is 18.6. The molecule has 1 N–H and O–H groups in total. The van der Waals surface area contributed by atoms with Crippen molar-refractivity contribution in [2.24, 2.45) is 0 Å². The Morgan fingerprint density at radius 2 is 1.85 bits per heavy atom. The maximum atomic E-state index is 11.9. The SMILES string of the molecule is O=C(O)C1CCCCN1C(c1ccc2ccccc2c1)c1ccccn1. The molecule has 0 aliphatic carbocycles. The van der Waals surface area contributed by atoms with Gasteiger partial charge in [-0.25, -0.2) is 0 Å². The third kappa shape index (κ3) is 3.20. The first-order valence-corrected chi connectivity index (χ1v) is 9.12. The Morgan fingerprint density at radius 1 is 1.04 bits per heavy atom. The molecule has 0 saturated carbocycles. The van der Waals surface area contributed by atoms with E-state index >= 15 is 0 Å². The molecule has 1 saturated heterocycles. The van der Waals surface area contributed by atoms with Gasteiger partial charge in [-0.05, 0) is 53.9 Å². The van der Waals surface area contributed by atoms with E-state index in [-0.39, 0.29) is 6.04 Å². The second kappa shape index (κ2) is 7.26. The fraction of sp³-hybridized carbons (Fsp3) is 0.273. The Labute approximate surface area is 153 Å². The third-order valence-electron chi connectivity index (χ3n) is 5.22. The highest BCUT2D eigenvalue weighted by Crippen LogP contribution is 2.34. The van der Waals surface area contributed by atoms with E-state index in [1.165, 1.54) is 5.39 Å². The summed E-state index contributed by atoms with van der Waals surface area (Å²) in [7, 11) is 0. The number of aromatic nitrogens is 1. The minimum absolute atomic E-state index is 0.151. The zero-order valence-corrected chi connectivity index (χ0v) is 14.6. The number of rotatable bonds is 4. The van der Waals surface area contributed by atoms with Crippen LogP contribution in [0.2, 0.25) is 0 Å². The highest BCUT2D eigenvalue weighted by atomic mass is 16.4. The average Bonchev–Trinajstić information content (AvgIpc) is 2.69. The summed E-state index contributed by atoms with van der Waals surface area (Å²) >= 11 is 0. The number of carbonyl (C=O) groups is 1. The highest BCUT2D eigenvalue weighted by molar-refractivity contribution is 5.83. The van der Waals surface area contributed by atoms with E-state index in [4.69, 9.17) is 0 Å². The quantitative estimate of drug-likeness (QED) is 0.767. The van der Waals surface area contributed by atoms with Gasteiger partial charge in [-0.15, -0.1) is 0 Å². The lowest BCUT2D eigenvalue weighted by Crippen LogP contribution is -2.47. The molecule has 1 aromatic heterocycles. The van der Waals surface area contributed by atoms with Gasteiger partial charge in [0.25, 0.3) is 0 Å². The molecule has 1 fully saturated rings. The fourth-order valence-electron chi connectivity index (χ4n) is 3.98. The molecule has 132 valence electrons. The second-order valence-corrected chi connectivity index (χ2v) is 6.85. The molecule has 0 bridgehead atoms. The van der Waals surface area contributed by atoms with Gasteiger partial charge in [0.05, 0.1) is 11.7 Å². The van der Waals surface area contributed by atoms with E-state index in [1.54, 1.807) is 6.20 Å². The molecule has 4 rings (SSSR count). The number of likely N-dealkylation sites (tertiary alicyclic amines) is 1. The zero-order valence-electron chi connectivity index (χ0n) is 14.6. The molecule has 2 heterocycles. The van der Waals surface area contributed by atoms with Crippen LogP contribution in [0.3, 0.4) is 0 Å². The van der Waals surface area contributed by atoms with Gasteiger partial charge in [0.1, 0.15) is 6.04 Å². The van der Waals surface area contributed by atoms with E-state index in [0.29, 0.717) is 6.42 Å². The maximum absolute atomic E-state index is 11.9. The molecule has 0 radical (unpaired) electrons. The van der Waals surface area contributed by atoms with Crippen molar-refractivity contribution in [3.63, 3.8) is 0 Å². The first kappa shape index (κ1) is 16.7. The van der Waals surface area contributed by atoms with Crippen LogP contribution in [0.25, 0.3) is 10.8 Å². The Balaban J connectivity index is 1.83. The molecule has 4 nitrogen and oxygen atoms in total. The number of fused-ring (bicyclic) bond motifs is 1. The van der Waals surface area contributed by atoms with E-state index in [9.17, 15) is 9.90 Å². The number of carboxylic acids is 1. The van der Waals surface area contributed by atoms with Crippen LogP contribution in [0.1, 0.15) is 36.6 Å². The van der Waals surface area contributed by atoms with Gasteiger partial charge >= 0.3 is 5.97 Å². The van der Waals surface area contributed by atoms with Gasteiger partial charge < -0.3 is 5.11 Å². The lowest BCUT2D eigenvalue weighted by Gasteiger charge is -2.39. The maximum Gasteiger partial charge on any atom is 0.320 e. The van der Waals surface area contributed by atoms with Crippen LogP contribution >= 0.6 is 0 Å². The smallest absolute Gasteiger partial charge is 0.320 e. The second-order valence-electron chi connectivity index (χ2n) is 6.85. The summed E-state index contributed by atoms with van der Waals surface area (Å²) in [6, 6.07) is 19.9. The topological polar surface area (TPSA) is 53.4 Å². The summed E-state index contributed by atoms with van der Waals surface area (Å²) in [5.74, 6) is -0.744. The predicted octanol–water partition coefficient (Wildman–Crippen LogP) is 4.26. The first-order valence-electron chi connectivity index (χ1n) is 9.12. The minimum Gasteiger partial charge on any atom is -0.480 e. The number of aliphatic carboxylic acids is 1. The van der Waals surface area contributed by atoms with Crippen molar-refractivity contribution in [3.8, 4) is 0 Å². The zero-order chi connectivity index (χ0) is 17.9. The summed E-state index contributed by atoms with van der Waals surface area (Å²) in [6.07, 6.45) is 4.44. The Hall–Kier alpha value is -2.72. The molecule has 1 aliphatic heterocycles. The summed E-state index contributed by atoms with van der Waals surface area (Å²) in [6.45, 7) is 0.769. The van der Waals surface area contributed by atoms with Gasteiger partial charge in [0.15, 0.2) is 0 Å². The van der Waals surface area contributed by atoms with Crippen LogP contribution in [0, 0.1) is 0 Å². The van der Waals surface area contributed by atoms with E-state index in [1.807, 2.05) is 30.3 Å². The Bertz CT molecular complexity index is 910. The van der Waals surface area contributed by atoms with E-state index in [0.717, 1.165) is 36.0 Å². The first-order chi connectivity index (χ1) is 12.7. The largest absolute Gasteiger partial charge is 0.480 e. The van der Waals surface area contributed by atoms with Crippen LogP contribution in [0.15, 0.2) is 66.9 Å². The molecule has 3 aromatic rings. The van der Waals surface area contributed by atoms with Crippen LogP contribution in [-0.4, -0.2) is 33.5 Å². The fourth-order valence-corrected chi connectivity index (χ4v) is 3.98. The van der Waals surface area contributed by atoms with Crippen molar-refractivity contribution < 1.29 is 9.90 Å². The van der Waals surface area contributed by atoms with Crippen molar-refractivity contribution in [1.29, 1.82) is 0 Å². The van der Waals surface area contributed by atoms with Crippen molar-refractivity contribution in [3.05, 3.63) is 78.1 Å². The summed E-state index contributed by atoms with van der Waals surface area (Å²) in [5, 5.41) is 12.1. The van der Waals surface area contributed by atoms with Crippen molar-refractivity contribution in [2.45, 2.75) is 31.3 Å². The number of hydrogen-bond donors (Lipinski definition) is 1. The highest BCUT2D eigenvalue weighted by Gasteiger charge is 2.35. The minimum atomic E-state index is -0.744. The monoisotopic (exact) mass is 346 g/mol. The lowest BCUT2D eigenvalue weighted by atomic mass is 9.93. The number of nitrogens with zero attached hydrogens (tertiary/aromatic N) is 2. The summed E-state index contributed by atoms with van der Waals surface area (Å²) < 4.78 is 0. The van der Waals surface area contributed by atoms with Gasteiger partial charge in [0, 0.05) is 6.20 Å². The lowest BCUT2D eigenvalue weighted by molar-refractivity contribution is -0.145. The number of pyridine rings is 1. The van der Waals surface area contributed by atoms with Gasteiger partial charge in [-0.3, -0.25) is 14.7 Å². The predicted molar refractivity (Wildman–Crippen MR) is 102 cm³/mol. The summed E-state index contributed by atoms with van der Waals surface area (Å²) in [5.41, 5.74) is 1.99. The number of carboxylic acid groups (broad SMARTS) is 1. The average molecular weight is 346 g/mol. The van der Waals surface area contributed by atoms with Gasteiger partial charge in [-0.2, -0.15) is 0 Å². The molecular formula is C22H22N2O2. The van der Waals surface area contributed by atoms with Crippen molar-refractivity contribution >= 4 is 16.7 Å². The van der Waals surface area contributed by atoms with Gasteiger partial charge in [0.2, 0.25) is 0 Å². The van der Waals surface area contributed by atoms with E-state index in [2.05, 4.69) is 40.2 Å². The normalized spacial score (nSPS) is 19.3. The van der Waals surface area contributed by atoms with Crippen LogP contribution in [-0.2, 0) is 4.79 Å². The number of hydrogen-bond acceptors (Lipinski definition) is 3. The Kier molecular flexibility index (Phi) is 4.67. The Morgan fingerprint density at radius 3 is 2.62 bits per heavy atom. The molecule has 1 aliphatic rings. The molecule has 2 aromatic carbocycles. The molecule has 0 amide bonds. The molecule has 2 atom stereocenters. The third-order valence-corrected chi connectivity index (χ3v) is 5.22. The van der Waals surface area contributed by atoms with Crippen molar-refractivity contribution in [1.82, 2.24) is 9.88 Å². The molecular weight excluding hydrogens is 324 g/mol. The van der Waals surface area contributed by atoms with E-state index < -0.39 is 12.0 Å². The van der Waals surface area contributed by atoms with Crippen LogP contribution in [0.4, 0.5) is 0 Å². The standard InChI is InChI=1S/C22H22N2O2/c25-22(26)20-10-4-6-14-24(20)21(19-9-3-5-13-23-19)18-12-11-16-7-1-2-8-17(16)15-18/h1-3,5,7-9,11-13,15,20-21H,4,6,10,14H2,(H,25,26). The van der Waals surface area contributed by atoms with Crippen LogP contribution in [0.5, 0.6) is 0 Å².